The van der Waals surface area contributed by atoms with Gasteiger partial charge >= 0.3 is 11.9 Å². The van der Waals surface area contributed by atoms with Crippen LogP contribution in [0.4, 0.5) is 5.69 Å². The van der Waals surface area contributed by atoms with E-state index in [9.17, 15) is 24.6 Å². The summed E-state index contributed by atoms with van der Waals surface area (Å²) in [6.07, 6.45) is 1.34. The number of nitrogens with zero attached hydrogens (tertiary/aromatic N) is 1. The van der Waals surface area contributed by atoms with Gasteiger partial charge in [-0.15, -0.1) is 11.8 Å². The SMILES string of the molecule is CC(C)CC(C(=O)O)[C@H](Sc1ccc2c(c1)CCC(=O)N2C)C(=O)O. The van der Waals surface area contributed by atoms with Crippen LogP contribution >= 0.6 is 11.8 Å². The van der Waals surface area contributed by atoms with Crippen LogP contribution in [0.5, 0.6) is 0 Å². The number of carboxylic acids is 2. The van der Waals surface area contributed by atoms with Gasteiger partial charge in [-0.2, -0.15) is 0 Å². The third-order valence-corrected chi connectivity index (χ3v) is 5.62. The Hall–Kier alpha value is -2.02. The maximum atomic E-state index is 11.8. The molecule has 1 aromatic rings. The zero-order valence-corrected chi connectivity index (χ0v) is 15.4. The van der Waals surface area contributed by atoms with Crippen molar-refractivity contribution in [1.29, 1.82) is 0 Å². The third-order valence-electron chi connectivity index (χ3n) is 4.31. The fraction of sp³-hybridized carbons (Fsp3) is 0.500. The minimum Gasteiger partial charge on any atom is -0.481 e. The monoisotopic (exact) mass is 365 g/mol. The van der Waals surface area contributed by atoms with Gasteiger partial charge in [0.1, 0.15) is 5.25 Å². The predicted octanol–water partition coefficient (Wildman–Crippen LogP) is 2.89. The molecule has 136 valence electrons. The van der Waals surface area contributed by atoms with Crippen LogP contribution in [0.1, 0.15) is 32.3 Å². The van der Waals surface area contributed by atoms with Crippen molar-refractivity contribution in [1.82, 2.24) is 0 Å². The lowest BCUT2D eigenvalue weighted by Gasteiger charge is -2.27. The maximum absolute atomic E-state index is 11.8. The van der Waals surface area contributed by atoms with E-state index in [1.165, 1.54) is 0 Å². The smallest absolute Gasteiger partial charge is 0.317 e. The number of carboxylic acid groups (broad SMARTS) is 2. The summed E-state index contributed by atoms with van der Waals surface area (Å²) in [5, 5.41) is 17.9. The second-order valence-corrected chi connectivity index (χ2v) is 7.91. The Morgan fingerprint density at radius 3 is 2.44 bits per heavy atom. The van der Waals surface area contributed by atoms with Crippen molar-refractivity contribution in [3.8, 4) is 0 Å². The van der Waals surface area contributed by atoms with Gasteiger partial charge in [0.2, 0.25) is 5.91 Å². The summed E-state index contributed by atoms with van der Waals surface area (Å²) in [5.74, 6) is -3.02. The minimum absolute atomic E-state index is 0.0548. The standard InChI is InChI=1S/C18H23NO5S/c1-10(2)8-13(17(21)22)16(18(23)24)25-12-5-6-14-11(9-12)4-7-15(20)19(14)3/h5-6,9-10,13,16H,4,7-8H2,1-3H3,(H,21,22)(H,23,24)/t13?,16-/m0/s1. The Kier molecular flexibility index (Phi) is 6.11. The highest BCUT2D eigenvalue weighted by Crippen LogP contribution is 2.36. The van der Waals surface area contributed by atoms with Crippen molar-refractivity contribution >= 4 is 35.3 Å². The molecule has 0 radical (unpaired) electrons. The Bertz CT molecular complexity index is 688. The van der Waals surface area contributed by atoms with Gasteiger partial charge in [0, 0.05) is 24.1 Å². The fourth-order valence-electron chi connectivity index (χ4n) is 3.02. The van der Waals surface area contributed by atoms with Crippen LogP contribution < -0.4 is 4.90 Å². The van der Waals surface area contributed by atoms with Crippen LogP contribution in [0.15, 0.2) is 23.1 Å². The molecule has 1 amide bonds. The first-order valence-electron chi connectivity index (χ1n) is 8.22. The van der Waals surface area contributed by atoms with Gasteiger partial charge in [0.05, 0.1) is 5.92 Å². The molecule has 7 heteroatoms. The zero-order valence-electron chi connectivity index (χ0n) is 14.6. The molecule has 1 aliphatic heterocycles. The number of hydrogen-bond acceptors (Lipinski definition) is 4. The second-order valence-electron chi connectivity index (χ2n) is 6.69. The van der Waals surface area contributed by atoms with Crippen LogP contribution in [0.2, 0.25) is 0 Å². The lowest BCUT2D eigenvalue weighted by molar-refractivity contribution is -0.148. The number of benzene rings is 1. The Balaban J connectivity index is 2.27. The molecule has 0 saturated carbocycles. The maximum Gasteiger partial charge on any atom is 0.317 e. The van der Waals surface area contributed by atoms with Crippen LogP contribution in [0, 0.1) is 11.8 Å². The average Bonchev–Trinajstić information content (AvgIpc) is 2.53. The van der Waals surface area contributed by atoms with E-state index < -0.39 is 23.1 Å². The van der Waals surface area contributed by atoms with Crippen molar-refractivity contribution in [3.63, 3.8) is 0 Å². The summed E-state index contributed by atoms with van der Waals surface area (Å²) in [4.78, 5) is 37.3. The molecule has 0 fully saturated rings. The zero-order chi connectivity index (χ0) is 18.7. The molecule has 0 spiro atoms. The molecule has 6 nitrogen and oxygen atoms in total. The van der Waals surface area contributed by atoms with Crippen LogP contribution in [-0.4, -0.2) is 40.4 Å². The van der Waals surface area contributed by atoms with Crippen molar-refractivity contribution in [2.75, 3.05) is 11.9 Å². The molecule has 0 bridgehead atoms. The minimum atomic E-state index is -1.12. The molecule has 0 saturated heterocycles. The number of aliphatic carboxylic acids is 2. The van der Waals surface area contributed by atoms with E-state index in [0.29, 0.717) is 24.2 Å². The molecule has 2 rings (SSSR count). The van der Waals surface area contributed by atoms with E-state index in [0.717, 1.165) is 23.0 Å². The normalized spacial score (nSPS) is 16.5. The number of carbonyl (C=O) groups excluding carboxylic acids is 1. The Morgan fingerprint density at radius 1 is 1.20 bits per heavy atom. The molecule has 2 atom stereocenters. The van der Waals surface area contributed by atoms with E-state index >= 15 is 0 Å². The Labute approximate surface area is 151 Å². The molecular formula is C18H23NO5S. The summed E-state index contributed by atoms with van der Waals surface area (Å²) in [7, 11) is 1.72. The van der Waals surface area contributed by atoms with Gasteiger partial charge in [-0.3, -0.25) is 14.4 Å². The van der Waals surface area contributed by atoms with Crippen LogP contribution in [0.3, 0.4) is 0 Å². The highest BCUT2D eigenvalue weighted by Gasteiger charge is 2.35. The number of anilines is 1. The molecule has 2 N–H and O–H groups in total. The summed E-state index contributed by atoms with van der Waals surface area (Å²) in [5.41, 5.74) is 1.80. The van der Waals surface area contributed by atoms with Crippen LogP contribution in [-0.2, 0) is 20.8 Å². The van der Waals surface area contributed by atoms with Crippen molar-refractivity contribution in [2.24, 2.45) is 11.8 Å². The average molecular weight is 365 g/mol. The number of hydrogen-bond donors (Lipinski definition) is 2. The van der Waals surface area contributed by atoms with E-state index in [2.05, 4.69) is 0 Å². The summed E-state index contributed by atoms with van der Waals surface area (Å²) >= 11 is 1.07. The number of carbonyl (C=O) groups is 3. The Morgan fingerprint density at radius 2 is 1.88 bits per heavy atom. The summed E-state index contributed by atoms with van der Waals surface area (Å²) < 4.78 is 0. The summed E-state index contributed by atoms with van der Waals surface area (Å²) in [6, 6.07) is 5.42. The third kappa shape index (κ3) is 4.54. The van der Waals surface area contributed by atoms with Gasteiger partial charge in [-0.05, 0) is 42.5 Å². The largest absolute Gasteiger partial charge is 0.481 e. The van der Waals surface area contributed by atoms with E-state index in [1.54, 1.807) is 24.1 Å². The molecule has 0 aromatic heterocycles. The second kappa shape index (κ2) is 7.91. The molecule has 1 aliphatic rings. The number of amides is 1. The van der Waals surface area contributed by atoms with Crippen LogP contribution in [0.25, 0.3) is 0 Å². The van der Waals surface area contributed by atoms with Gasteiger partial charge in [0.25, 0.3) is 0 Å². The number of rotatable bonds is 7. The van der Waals surface area contributed by atoms with Gasteiger partial charge in [-0.25, -0.2) is 0 Å². The quantitative estimate of drug-likeness (QED) is 0.722. The first-order chi connectivity index (χ1) is 11.7. The lowest BCUT2D eigenvalue weighted by Crippen LogP contribution is -2.33. The number of thioether (sulfide) groups is 1. The van der Waals surface area contributed by atoms with Crippen molar-refractivity contribution < 1.29 is 24.6 Å². The van der Waals surface area contributed by atoms with Gasteiger partial charge in [0.15, 0.2) is 0 Å². The summed E-state index contributed by atoms with van der Waals surface area (Å²) in [6.45, 7) is 3.76. The van der Waals surface area contributed by atoms with E-state index in [4.69, 9.17) is 0 Å². The number of aryl methyl sites for hydroxylation is 1. The molecule has 0 aliphatic carbocycles. The van der Waals surface area contributed by atoms with E-state index in [1.807, 2.05) is 19.9 Å². The molecule has 1 unspecified atom stereocenters. The highest BCUT2D eigenvalue weighted by molar-refractivity contribution is 8.00. The van der Waals surface area contributed by atoms with Crippen molar-refractivity contribution in [2.45, 2.75) is 43.3 Å². The first-order valence-corrected chi connectivity index (χ1v) is 9.10. The molecular weight excluding hydrogens is 342 g/mol. The molecule has 1 aromatic carbocycles. The molecule has 25 heavy (non-hydrogen) atoms. The molecule has 1 heterocycles. The topological polar surface area (TPSA) is 94.9 Å². The predicted molar refractivity (Wildman–Crippen MR) is 96.0 cm³/mol. The van der Waals surface area contributed by atoms with Crippen molar-refractivity contribution in [3.05, 3.63) is 23.8 Å². The highest BCUT2D eigenvalue weighted by atomic mass is 32.2. The fourth-order valence-corrected chi connectivity index (χ4v) is 4.16. The number of fused-ring (bicyclic) bond motifs is 1. The van der Waals surface area contributed by atoms with Gasteiger partial charge < -0.3 is 15.1 Å². The van der Waals surface area contributed by atoms with Gasteiger partial charge in [-0.1, -0.05) is 13.8 Å². The first kappa shape index (κ1) is 19.3. The lowest BCUT2D eigenvalue weighted by atomic mass is 9.94. The van der Waals surface area contributed by atoms with E-state index in [-0.39, 0.29) is 11.8 Å².